The molecule has 4 N–H and O–H groups in total. The van der Waals surface area contributed by atoms with Crippen molar-refractivity contribution in [2.45, 2.75) is 12.5 Å². The monoisotopic (exact) mass is 384 g/mol. The zero-order chi connectivity index (χ0) is 19.7. The lowest BCUT2D eigenvalue weighted by Crippen LogP contribution is -2.48. The van der Waals surface area contributed by atoms with Crippen LogP contribution in [0.25, 0.3) is 0 Å². The van der Waals surface area contributed by atoms with Gasteiger partial charge in [-0.1, -0.05) is 0 Å². The molecule has 1 fully saturated rings. The van der Waals surface area contributed by atoms with Gasteiger partial charge < -0.3 is 20.4 Å². The smallest absolute Gasteiger partial charge is 0.354 e. The van der Waals surface area contributed by atoms with Crippen LogP contribution in [0.5, 0.6) is 0 Å². The lowest BCUT2D eigenvalue weighted by Gasteiger charge is -2.35. The predicted octanol–water partition coefficient (Wildman–Crippen LogP) is 1.21. The highest BCUT2D eigenvalue weighted by atomic mass is 16.4. The van der Waals surface area contributed by atoms with Crippen LogP contribution < -0.4 is 20.4 Å². The van der Waals surface area contributed by atoms with E-state index in [1.165, 1.54) is 11.0 Å². The summed E-state index contributed by atoms with van der Waals surface area (Å²) in [7, 11) is 0. The van der Waals surface area contributed by atoms with Crippen LogP contribution in [0, 0.1) is 0 Å². The Morgan fingerprint density at radius 1 is 1.29 bits per heavy atom. The molecule has 10 nitrogen and oxygen atoms in total. The van der Waals surface area contributed by atoms with Crippen LogP contribution in [-0.2, 0) is 0 Å². The van der Waals surface area contributed by atoms with Crippen LogP contribution in [0.1, 0.15) is 16.9 Å². The summed E-state index contributed by atoms with van der Waals surface area (Å²) in [5.41, 5.74) is 1.37. The Kier molecular flexibility index (Phi) is 4.70. The van der Waals surface area contributed by atoms with Crippen molar-refractivity contribution in [1.29, 1.82) is 0 Å². The summed E-state index contributed by atoms with van der Waals surface area (Å²) in [4.78, 5) is 36.4. The van der Waals surface area contributed by atoms with Gasteiger partial charge in [-0.25, -0.2) is 19.6 Å². The molecular formula is C18H20N6O4. The fourth-order valence-electron chi connectivity index (χ4n) is 3.57. The van der Waals surface area contributed by atoms with E-state index in [-0.39, 0.29) is 18.3 Å². The molecule has 0 saturated carbocycles. The first-order valence-electron chi connectivity index (χ1n) is 8.97. The molecule has 2 aliphatic rings. The number of carbonyl (C=O) groups is 2. The van der Waals surface area contributed by atoms with Crippen molar-refractivity contribution in [2.24, 2.45) is 0 Å². The molecule has 1 unspecified atom stereocenters. The van der Waals surface area contributed by atoms with Crippen molar-refractivity contribution in [2.75, 3.05) is 46.7 Å². The molecule has 4 rings (SSSR count). The van der Waals surface area contributed by atoms with Crippen LogP contribution in [0.2, 0.25) is 0 Å². The summed E-state index contributed by atoms with van der Waals surface area (Å²) in [6, 6.07) is 6.06. The fourth-order valence-corrected chi connectivity index (χ4v) is 3.57. The number of hydrogen-bond donors (Lipinski definition) is 4. The zero-order valence-corrected chi connectivity index (χ0v) is 15.0. The highest BCUT2D eigenvalue weighted by Crippen LogP contribution is 2.39. The third kappa shape index (κ3) is 3.29. The summed E-state index contributed by atoms with van der Waals surface area (Å²) in [5.74, 6) is -0.439. The van der Waals surface area contributed by atoms with Crippen LogP contribution in [0.15, 0.2) is 30.5 Å². The number of aliphatic hydroxyl groups is 1. The van der Waals surface area contributed by atoms with Gasteiger partial charge in [0.1, 0.15) is 5.82 Å². The average Bonchev–Trinajstić information content (AvgIpc) is 3.10. The number of pyridine rings is 2. The van der Waals surface area contributed by atoms with E-state index in [0.717, 1.165) is 24.3 Å². The van der Waals surface area contributed by atoms with Gasteiger partial charge in [0, 0.05) is 37.6 Å². The molecule has 2 aromatic rings. The van der Waals surface area contributed by atoms with Gasteiger partial charge in [0.2, 0.25) is 0 Å². The molecule has 2 amide bonds. The number of carboxylic acids is 1. The highest BCUT2D eigenvalue weighted by Gasteiger charge is 2.40. The molecule has 1 saturated heterocycles. The molecule has 2 bridgehead atoms. The SMILES string of the molecule is O=C(O)c1ccc2c(n1)N(C(=O)Nc1cc(NCCO)ccn1)C1CCN2C1. The number of amides is 2. The Labute approximate surface area is 160 Å². The molecule has 1 atom stereocenters. The molecule has 0 aliphatic carbocycles. The normalized spacial score (nSPS) is 17.2. The quantitative estimate of drug-likeness (QED) is 0.605. The first kappa shape index (κ1) is 18.0. The molecule has 0 radical (unpaired) electrons. The van der Waals surface area contributed by atoms with Crippen LogP contribution in [-0.4, -0.2) is 64.5 Å². The second-order valence-corrected chi connectivity index (χ2v) is 6.61. The van der Waals surface area contributed by atoms with E-state index in [4.69, 9.17) is 5.11 Å². The second kappa shape index (κ2) is 7.31. The number of aromatic nitrogens is 2. The van der Waals surface area contributed by atoms with Crippen molar-refractivity contribution >= 4 is 35.0 Å². The van der Waals surface area contributed by atoms with Gasteiger partial charge in [-0.15, -0.1) is 0 Å². The van der Waals surface area contributed by atoms with Gasteiger partial charge in [-0.3, -0.25) is 10.2 Å². The van der Waals surface area contributed by atoms with Gasteiger partial charge in [0.15, 0.2) is 11.5 Å². The van der Waals surface area contributed by atoms with Crippen LogP contribution in [0.4, 0.5) is 27.8 Å². The number of aliphatic hydroxyl groups excluding tert-OH is 1. The number of anilines is 4. The van der Waals surface area contributed by atoms with Crippen molar-refractivity contribution in [3.8, 4) is 0 Å². The Bertz CT molecular complexity index is 921. The summed E-state index contributed by atoms with van der Waals surface area (Å²) in [5, 5.41) is 24.0. The largest absolute Gasteiger partial charge is 0.477 e. The average molecular weight is 384 g/mol. The Hall–Kier alpha value is -3.40. The molecule has 0 spiro atoms. The number of hydrogen-bond acceptors (Lipinski definition) is 7. The Morgan fingerprint density at radius 2 is 2.14 bits per heavy atom. The Morgan fingerprint density at radius 3 is 2.93 bits per heavy atom. The van der Waals surface area contributed by atoms with Gasteiger partial charge in [0.25, 0.3) is 0 Å². The lowest BCUT2D eigenvalue weighted by molar-refractivity contribution is 0.0690. The van der Waals surface area contributed by atoms with E-state index >= 15 is 0 Å². The third-order valence-corrected chi connectivity index (χ3v) is 4.83. The van der Waals surface area contributed by atoms with Crippen molar-refractivity contribution < 1.29 is 19.8 Å². The molecule has 0 aromatic carbocycles. The maximum Gasteiger partial charge on any atom is 0.354 e. The standard InChI is InChI=1S/C18H20N6O4/c25-8-6-19-11-3-5-20-15(9-11)22-18(28)24-12-4-7-23(10-12)14-2-1-13(17(26)27)21-16(14)24/h1-3,5,9,12,25H,4,6-8,10H2,(H,26,27)(H2,19,20,22,28). The number of rotatable bonds is 5. The highest BCUT2D eigenvalue weighted by molar-refractivity contribution is 6.04. The summed E-state index contributed by atoms with van der Waals surface area (Å²) >= 11 is 0. The minimum absolute atomic E-state index is 0.00959. The van der Waals surface area contributed by atoms with Crippen LogP contribution in [0.3, 0.4) is 0 Å². The van der Waals surface area contributed by atoms with Gasteiger partial charge in [-0.2, -0.15) is 0 Å². The number of carboxylic acid groups (broad SMARTS) is 1. The van der Waals surface area contributed by atoms with Crippen molar-refractivity contribution in [1.82, 2.24) is 9.97 Å². The van der Waals surface area contributed by atoms with E-state index in [1.54, 1.807) is 24.4 Å². The van der Waals surface area contributed by atoms with E-state index in [9.17, 15) is 14.7 Å². The number of fused-ring (bicyclic) bond motifs is 4. The predicted molar refractivity (Wildman–Crippen MR) is 103 cm³/mol. The second-order valence-electron chi connectivity index (χ2n) is 6.61. The molecule has 10 heteroatoms. The summed E-state index contributed by atoms with van der Waals surface area (Å²) in [6.07, 6.45) is 2.33. The third-order valence-electron chi connectivity index (χ3n) is 4.83. The first-order valence-corrected chi connectivity index (χ1v) is 8.97. The number of nitrogens with zero attached hydrogens (tertiary/aromatic N) is 4. The molecule has 2 aromatic heterocycles. The molecule has 4 heterocycles. The van der Waals surface area contributed by atoms with Crippen molar-refractivity contribution in [3.05, 3.63) is 36.2 Å². The number of carbonyl (C=O) groups excluding carboxylic acids is 1. The number of aromatic carboxylic acids is 1. The van der Waals surface area contributed by atoms with E-state index < -0.39 is 12.0 Å². The topological polar surface area (TPSA) is 131 Å². The van der Waals surface area contributed by atoms with Gasteiger partial charge in [-0.05, 0) is 24.6 Å². The van der Waals surface area contributed by atoms with Crippen molar-refractivity contribution in [3.63, 3.8) is 0 Å². The van der Waals surface area contributed by atoms with E-state index in [2.05, 4.69) is 25.5 Å². The zero-order valence-electron chi connectivity index (χ0n) is 15.0. The lowest BCUT2D eigenvalue weighted by atomic mass is 10.2. The summed E-state index contributed by atoms with van der Waals surface area (Å²) in [6.45, 7) is 1.84. The fraction of sp³-hybridized carbons (Fsp3) is 0.333. The van der Waals surface area contributed by atoms with E-state index in [1.807, 2.05) is 0 Å². The maximum absolute atomic E-state index is 13.0. The molecular weight excluding hydrogens is 364 g/mol. The van der Waals surface area contributed by atoms with Gasteiger partial charge in [0.05, 0.1) is 18.3 Å². The van der Waals surface area contributed by atoms with E-state index in [0.29, 0.717) is 24.7 Å². The molecule has 2 aliphatic heterocycles. The van der Waals surface area contributed by atoms with Gasteiger partial charge >= 0.3 is 12.0 Å². The summed E-state index contributed by atoms with van der Waals surface area (Å²) < 4.78 is 0. The minimum Gasteiger partial charge on any atom is -0.477 e. The number of urea groups is 1. The first-order chi connectivity index (χ1) is 13.6. The molecule has 146 valence electrons. The Balaban J connectivity index is 1.61. The number of nitrogens with one attached hydrogen (secondary N) is 2. The maximum atomic E-state index is 13.0. The van der Waals surface area contributed by atoms with Crippen LogP contribution >= 0.6 is 0 Å². The minimum atomic E-state index is -1.14. The molecule has 28 heavy (non-hydrogen) atoms.